The Bertz CT molecular complexity index is 2750. The lowest BCUT2D eigenvalue weighted by Gasteiger charge is -2.36. The second-order valence-electron chi connectivity index (χ2n) is 18.1. The fraction of sp³-hybridized carbons (Fsp3) is 0.423. The summed E-state index contributed by atoms with van der Waals surface area (Å²) in [5.74, 6) is -0.390. The zero-order valence-electron chi connectivity index (χ0n) is 40.4. The first-order chi connectivity index (χ1) is 33.3. The summed E-state index contributed by atoms with van der Waals surface area (Å²) < 4.78 is 57.7. The first-order valence-corrected chi connectivity index (χ1v) is 27.9. The molecule has 4 aromatic carbocycles. The maximum atomic E-state index is 13.3. The van der Waals surface area contributed by atoms with Gasteiger partial charge in [0.05, 0.1) is 28.5 Å². The van der Waals surface area contributed by atoms with Gasteiger partial charge < -0.3 is 33.2 Å². The van der Waals surface area contributed by atoms with E-state index in [0.29, 0.717) is 79.8 Å². The number of unbranched alkanes of at least 4 members (excludes halogenated alkanes) is 1. The van der Waals surface area contributed by atoms with Crippen molar-refractivity contribution in [3.63, 3.8) is 0 Å². The van der Waals surface area contributed by atoms with E-state index in [1.807, 2.05) is 55.6 Å². The van der Waals surface area contributed by atoms with Gasteiger partial charge in [-0.15, -0.1) is 0 Å². The molecule has 2 aliphatic heterocycles. The number of ether oxygens (including phenoxy) is 3. The Morgan fingerprint density at radius 1 is 0.884 bits per heavy atom. The Morgan fingerprint density at radius 3 is 2.17 bits per heavy atom. The summed E-state index contributed by atoms with van der Waals surface area (Å²) in [5, 5.41) is 19.6. The van der Waals surface area contributed by atoms with Gasteiger partial charge in [-0.3, -0.25) is 4.68 Å². The zero-order valence-corrected chi connectivity index (χ0v) is 43.0. The fourth-order valence-corrected chi connectivity index (χ4v) is 15.4. The molecule has 2 saturated heterocycles. The standard InChI is InChI=1S/C52H65ClN6O8SSi/c1-6-7-35-69(40-17-10-8-11-18-40,41-19-12-9-13-20-41)67-34-16-21-42-43-27-28-44(53)48(50(43)56(4)51(42)52(60)61)49-45(36-66-47-22-14-15-33-64-47)54-57(5)46(49)37-65-39-25-23-38(24-26-39)58-29-31-59(32-30-58)68(62,63)55(2)3/h8-13,17-20,23-28,47H,6-7,14-16,21-22,29-37H2,1-5H3,(H,60,61). The van der Waals surface area contributed by atoms with Crippen molar-refractivity contribution in [2.45, 2.75) is 77.4 Å². The molecule has 69 heavy (non-hydrogen) atoms. The van der Waals surface area contributed by atoms with E-state index in [9.17, 15) is 18.3 Å². The van der Waals surface area contributed by atoms with Gasteiger partial charge >= 0.3 is 5.97 Å². The molecule has 14 nitrogen and oxygen atoms in total. The lowest BCUT2D eigenvalue weighted by Crippen LogP contribution is -2.60. The molecular weight excluding hydrogens is 932 g/mol. The summed E-state index contributed by atoms with van der Waals surface area (Å²) in [7, 11) is 0.644. The molecule has 2 aliphatic rings. The van der Waals surface area contributed by atoms with Gasteiger partial charge in [-0.05, 0) is 84.4 Å². The molecule has 1 N–H and O–H groups in total. The maximum Gasteiger partial charge on any atom is 0.352 e. The van der Waals surface area contributed by atoms with Crippen LogP contribution in [0.4, 0.5) is 5.69 Å². The van der Waals surface area contributed by atoms with Crippen LogP contribution >= 0.6 is 11.6 Å². The molecule has 0 bridgehead atoms. The molecule has 8 rings (SSSR count). The zero-order chi connectivity index (χ0) is 48.7. The SMILES string of the molecule is CCCC[Si](OCCCc1c(C(=O)O)n(C)c2c(-c3c(COC4CCCCO4)nn(C)c3COc3ccc(N4CCN(S(=O)(=O)N(C)C)CC4)cc3)c(Cl)ccc12)(c1ccccc1)c1ccccc1. The Kier molecular flexibility index (Phi) is 16.3. The van der Waals surface area contributed by atoms with Crippen LogP contribution in [0.15, 0.2) is 97.1 Å². The van der Waals surface area contributed by atoms with E-state index < -0.39 is 24.5 Å². The van der Waals surface area contributed by atoms with Crippen molar-refractivity contribution in [3.8, 4) is 16.9 Å². The lowest BCUT2D eigenvalue weighted by atomic mass is 9.98. The summed E-state index contributed by atoms with van der Waals surface area (Å²) in [6.45, 7) is 5.49. The van der Waals surface area contributed by atoms with Gasteiger partial charge in [0.25, 0.3) is 18.5 Å². The number of aryl methyl sites for hydroxylation is 3. The number of rotatable bonds is 21. The molecular formula is C52H65ClN6O8SSi. The number of anilines is 1. The molecule has 2 aromatic heterocycles. The number of fused-ring (bicyclic) bond motifs is 1. The van der Waals surface area contributed by atoms with Crippen molar-refractivity contribution >= 4 is 63.1 Å². The molecule has 0 saturated carbocycles. The van der Waals surface area contributed by atoms with Crippen LogP contribution in [0.5, 0.6) is 5.75 Å². The van der Waals surface area contributed by atoms with Crippen molar-refractivity contribution in [1.82, 2.24) is 23.0 Å². The van der Waals surface area contributed by atoms with Gasteiger partial charge in [0, 0.05) is 89.8 Å². The molecule has 0 aliphatic carbocycles. The van der Waals surface area contributed by atoms with E-state index in [-0.39, 0.29) is 25.2 Å². The van der Waals surface area contributed by atoms with Crippen molar-refractivity contribution in [2.75, 3.05) is 58.4 Å². The first kappa shape index (κ1) is 50.3. The van der Waals surface area contributed by atoms with Gasteiger partial charge in [-0.2, -0.15) is 22.1 Å². The van der Waals surface area contributed by atoms with E-state index in [4.69, 9.17) is 35.3 Å². The van der Waals surface area contributed by atoms with Crippen molar-refractivity contribution in [3.05, 3.63) is 125 Å². The van der Waals surface area contributed by atoms with E-state index in [2.05, 4.69) is 60.4 Å². The number of halogens is 1. The highest BCUT2D eigenvalue weighted by Gasteiger charge is 2.39. The second-order valence-corrected chi connectivity index (χ2v) is 24.2. The number of hydrogen-bond acceptors (Lipinski definition) is 9. The molecule has 1 unspecified atom stereocenters. The molecule has 0 amide bonds. The Morgan fingerprint density at radius 2 is 1.57 bits per heavy atom. The van der Waals surface area contributed by atoms with Crippen molar-refractivity contribution < 1.29 is 37.0 Å². The number of piperazine rings is 1. The largest absolute Gasteiger partial charge is 0.487 e. The third-order valence-corrected chi connectivity index (χ3v) is 20.1. The Labute approximate surface area is 412 Å². The quantitative estimate of drug-likeness (QED) is 0.0558. The van der Waals surface area contributed by atoms with Crippen molar-refractivity contribution in [1.29, 1.82) is 0 Å². The topological polar surface area (TPSA) is 141 Å². The predicted octanol–water partition coefficient (Wildman–Crippen LogP) is 7.99. The number of aromatic carboxylic acids is 1. The number of carboxylic acids is 1. The smallest absolute Gasteiger partial charge is 0.352 e. The molecule has 368 valence electrons. The molecule has 0 radical (unpaired) electrons. The normalized spacial score (nSPS) is 16.2. The number of aromatic nitrogens is 3. The fourth-order valence-electron chi connectivity index (χ4n) is 9.90. The van der Waals surface area contributed by atoms with Gasteiger partial charge in [-0.1, -0.05) is 98.1 Å². The minimum absolute atomic E-state index is 0.124. The van der Waals surface area contributed by atoms with E-state index >= 15 is 0 Å². The lowest BCUT2D eigenvalue weighted by molar-refractivity contribution is -0.169. The number of hydrogen-bond donors (Lipinski definition) is 1. The molecule has 4 heterocycles. The van der Waals surface area contributed by atoms with Crippen LogP contribution < -0.4 is 20.0 Å². The minimum Gasteiger partial charge on any atom is -0.487 e. The van der Waals surface area contributed by atoms with E-state index in [0.717, 1.165) is 66.0 Å². The third kappa shape index (κ3) is 10.8. The van der Waals surface area contributed by atoms with Crippen LogP contribution in [0.3, 0.4) is 0 Å². The van der Waals surface area contributed by atoms with Crippen LogP contribution in [-0.2, 0) is 57.8 Å². The number of carbonyl (C=O) groups is 1. The third-order valence-electron chi connectivity index (χ3n) is 13.5. The molecule has 6 aromatic rings. The van der Waals surface area contributed by atoms with Crippen LogP contribution in [0.1, 0.15) is 72.9 Å². The second kappa shape index (κ2) is 22.4. The van der Waals surface area contributed by atoms with Crippen molar-refractivity contribution in [2.24, 2.45) is 14.1 Å². The van der Waals surface area contributed by atoms with Crippen LogP contribution in [0.2, 0.25) is 11.1 Å². The van der Waals surface area contributed by atoms with Gasteiger partial charge in [0.15, 0.2) is 6.29 Å². The van der Waals surface area contributed by atoms with E-state index in [1.54, 1.807) is 30.4 Å². The highest BCUT2D eigenvalue weighted by molar-refractivity contribution is 7.86. The summed E-state index contributed by atoms with van der Waals surface area (Å²) in [5.41, 5.74) is 5.31. The average molecular weight is 998 g/mol. The molecule has 2 fully saturated rings. The highest BCUT2D eigenvalue weighted by atomic mass is 35.5. The van der Waals surface area contributed by atoms with Crippen LogP contribution in [-0.4, -0.2) is 111 Å². The monoisotopic (exact) mass is 996 g/mol. The predicted molar refractivity (Wildman–Crippen MR) is 275 cm³/mol. The summed E-state index contributed by atoms with van der Waals surface area (Å²) >= 11 is 7.28. The summed E-state index contributed by atoms with van der Waals surface area (Å²) in [6, 6.07) is 33.7. The number of benzene rings is 4. The van der Waals surface area contributed by atoms with E-state index in [1.165, 1.54) is 19.0 Å². The highest BCUT2D eigenvalue weighted by Crippen LogP contribution is 2.43. The number of nitrogens with zero attached hydrogens (tertiary/aromatic N) is 6. The van der Waals surface area contributed by atoms with Crippen LogP contribution in [0.25, 0.3) is 22.0 Å². The van der Waals surface area contributed by atoms with Gasteiger partial charge in [0.1, 0.15) is 18.1 Å². The molecule has 17 heteroatoms. The maximum absolute atomic E-state index is 13.3. The summed E-state index contributed by atoms with van der Waals surface area (Å²) in [4.78, 5) is 15.5. The molecule has 1 atom stereocenters. The van der Waals surface area contributed by atoms with Gasteiger partial charge in [-0.25, -0.2) is 4.79 Å². The Balaban J connectivity index is 1.09. The minimum atomic E-state index is -3.47. The first-order valence-electron chi connectivity index (χ1n) is 24.1. The average Bonchev–Trinajstić information content (AvgIpc) is 3.84. The Hall–Kier alpha value is -5.04. The summed E-state index contributed by atoms with van der Waals surface area (Å²) in [6.07, 6.45) is 5.57. The molecule has 0 spiro atoms. The van der Waals surface area contributed by atoms with Gasteiger partial charge in [0.2, 0.25) is 0 Å². The van der Waals surface area contributed by atoms with Crippen LogP contribution in [0, 0.1) is 0 Å². The number of carboxylic acid groups (broad SMARTS) is 1.